The summed E-state index contributed by atoms with van der Waals surface area (Å²) in [5.41, 5.74) is 0.747. The fourth-order valence-corrected chi connectivity index (χ4v) is 5.43. The third-order valence-electron chi connectivity index (χ3n) is 4.79. The normalized spacial score (nSPS) is 11.8. The Balaban J connectivity index is 2.12. The van der Waals surface area contributed by atoms with E-state index in [0.29, 0.717) is 11.3 Å². The van der Waals surface area contributed by atoms with Crippen LogP contribution in [0.25, 0.3) is 0 Å². The molecule has 0 spiro atoms. The number of phenolic OH excluding ortho intramolecular Hbond substituents is 1. The fraction of sp³-hybridized carbons (Fsp3) is 0.143. The maximum absolute atomic E-state index is 13.1. The number of sulfonamides is 1. The Bertz CT molecular complexity index is 1280. The predicted octanol–water partition coefficient (Wildman–Crippen LogP) is 3.65. The van der Waals surface area contributed by atoms with Gasteiger partial charge in [-0.05, 0) is 67.4 Å². The highest BCUT2D eigenvalue weighted by Crippen LogP contribution is 2.38. The standard InChI is InChI=1S/C21H21NO6S2/c1-14-15(2)21(23)20(29(24,25)17-11-9-16(28-3)10-12-17)13-19(14)22-30(26,27)18-7-5-4-6-8-18/h4-13,22-23H,1-3H3. The molecule has 2 N–H and O–H groups in total. The summed E-state index contributed by atoms with van der Waals surface area (Å²) >= 11 is 0. The van der Waals surface area contributed by atoms with Crippen LogP contribution in [-0.2, 0) is 19.9 Å². The van der Waals surface area contributed by atoms with Crippen molar-refractivity contribution in [3.05, 3.63) is 71.8 Å². The first-order valence-electron chi connectivity index (χ1n) is 8.88. The molecule has 0 aromatic heterocycles. The molecule has 0 aliphatic carbocycles. The number of methoxy groups -OCH3 is 1. The van der Waals surface area contributed by atoms with Crippen LogP contribution in [-0.4, -0.2) is 29.1 Å². The Morgan fingerprint density at radius 2 is 1.43 bits per heavy atom. The van der Waals surface area contributed by atoms with Gasteiger partial charge in [0.25, 0.3) is 10.0 Å². The van der Waals surface area contributed by atoms with Crippen molar-refractivity contribution >= 4 is 25.5 Å². The number of hydrogen-bond donors (Lipinski definition) is 2. The van der Waals surface area contributed by atoms with E-state index in [4.69, 9.17) is 4.74 Å². The molecule has 0 unspecified atom stereocenters. The largest absolute Gasteiger partial charge is 0.506 e. The quantitative estimate of drug-likeness (QED) is 0.558. The van der Waals surface area contributed by atoms with E-state index in [0.717, 1.165) is 6.07 Å². The molecular weight excluding hydrogens is 426 g/mol. The van der Waals surface area contributed by atoms with Crippen LogP contribution < -0.4 is 9.46 Å². The highest BCUT2D eigenvalue weighted by atomic mass is 32.2. The average molecular weight is 448 g/mol. The molecule has 0 atom stereocenters. The second-order valence-corrected chi connectivity index (χ2v) is 10.2. The molecule has 0 saturated heterocycles. The van der Waals surface area contributed by atoms with E-state index in [2.05, 4.69) is 4.72 Å². The number of aromatic hydroxyl groups is 1. The van der Waals surface area contributed by atoms with Crippen LogP contribution in [0.5, 0.6) is 11.5 Å². The van der Waals surface area contributed by atoms with Gasteiger partial charge in [0.05, 0.1) is 22.6 Å². The number of ether oxygens (including phenoxy) is 1. The zero-order valence-electron chi connectivity index (χ0n) is 16.6. The van der Waals surface area contributed by atoms with Crippen molar-refractivity contribution in [2.45, 2.75) is 28.5 Å². The minimum absolute atomic E-state index is 0.0367. The van der Waals surface area contributed by atoms with Crippen LogP contribution in [0.4, 0.5) is 5.69 Å². The zero-order valence-corrected chi connectivity index (χ0v) is 18.2. The second-order valence-electron chi connectivity index (χ2n) is 6.62. The molecule has 0 aliphatic heterocycles. The molecular formula is C21H21NO6S2. The van der Waals surface area contributed by atoms with Gasteiger partial charge >= 0.3 is 0 Å². The number of phenols is 1. The van der Waals surface area contributed by atoms with Crippen LogP contribution >= 0.6 is 0 Å². The summed E-state index contributed by atoms with van der Waals surface area (Å²) in [7, 11) is -6.60. The Morgan fingerprint density at radius 3 is 2.00 bits per heavy atom. The minimum atomic E-state index is -4.12. The van der Waals surface area contributed by atoms with Gasteiger partial charge in [-0.1, -0.05) is 18.2 Å². The van der Waals surface area contributed by atoms with Gasteiger partial charge in [0.2, 0.25) is 9.84 Å². The van der Waals surface area contributed by atoms with E-state index in [-0.39, 0.29) is 25.9 Å². The Kier molecular flexibility index (Phi) is 5.78. The predicted molar refractivity (Wildman–Crippen MR) is 113 cm³/mol. The van der Waals surface area contributed by atoms with Crippen LogP contribution in [0, 0.1) is 13.8 Å². The monoisotopic (exact) mass is 447 g/mol. The number of benzene rings is 3. The number of nitrogens with one attached hydrogen (secondary N) is 1. The summed E-state index contributed by atoms with van der Waals surface area (Å²) in [6.07, 6.45) is 0. The Labute approximate surface area is 175 Å². The van der Waals surface area contributed by atoms with E-state index in [1.54, 1.807) is 25.1 Å². The molecule has 9 heteroatoms. The smallest absolute Gasteiger partial charge is 0.261 e. The van der Waals surface area contributed by atoms with E-state index < -0.39 is 25.6 Å². The van der Waals surface area contributed by atoms with Gasteiger partial charge in [0, 0.05) is 0 Å². The van der Waals surface area contributed by atoms with Crippen molar-refractivity contribution in [3.63, 3.8) is 0 Å². The molecule has 0 fully saturated rings. The first-order chi connectivity index (χ1) is 14.1. The lowest BCUT2D eigenvalue weighted by Crippen LogP contribution is -2.15. The van der Waals surface area contributed by atoms with Crippen molar-refractivity contribution in [1.29, 1.82) is 0 Å². The molecule has 0 aliphatic rings. The third kappa shape index (κ3) is 3.99. The van der Waals surface area contributed by atoms with E-state index in [1.807, 2.05) is 0 Å². The van der Waals surface area contributed by atoms with Gasteiger partial charge in [-0.3, -0.25) is 4.72 Å². The van der Waals surface area contributed by atoms with Gasteiger partial charge in [-0.2, -0.15) is 0 Å². The van der Waals surface area contributed by atoms with Gasteiger partial charge in [-0.25, -0.2) is 16.8 Å². The van der Waals surface area contributed by atoms with Gasteiger partial charge in [0.15, 0.2) is 0 Å². The van der Waals surface area contributed by atoms with Crippen LogP contribution in [0.2, 0.25) is 0 Å². The van der Waals surface area contributed by atoms with Crippen molar-refractivity contribution < 1.29 is 26.7 Å². The molecule has 3 aromatic rings. The first-order valence-corrected chi connectivity index (χ1v) is 11.8. The average Bonchev–Trinajstić information content (AvgIpc) is 2.74. The molecule has 0 amide bonds. The van der Waals surface area contributed by atoms with Crippen LogP contribution in [0.1, 0.15) is 11.1 Å². The number of anilines is 1. The fourth-order valence-electron chi connectivity index (χ4n) is 2.87. The lowest BCUT2D eigenvalue weighted by Gasteiger charge is -2.17. The van der Waals surface area contributed by atoms with E-state index in [9.17, 15) is 21.9 Å². The summed E-state index contributed by atoms with van der Waals surface area (Å²) < 4.78 is 59.2. The molecule has 7 nitrogen and oxygen atoms in total. The lowest BCUT2D eigenvalue weighted by atomic mass is 10.1. The molecule has 0 saturated carbocycles. The number of sulfone groups is 1. The van der Waals surface area contributed by atoms with Gasteiger partial charge in [0.1, 0.15) is 16.4 Å². The molecule has 3 aromatic carbocycles. The maximum atomic E-state index is 13.1. The topological polar surface area (TPSA) is 110 Å². The molecule has 158 valence electrons. The van der Waals surface area contributed by atoms with Crippen LogP contribution in [0.15, 0.2) is 75.4 Å². The summed E-state index contributed by atoms with van der Waals surface area (Å²) in [5.74, 6) is 0.0561. The molecule has 0 bridgehead atoms. The van der Waals surface area contributed by atoms with E-state index >= 15 is 0 Å². The molecule has 30 heavy (non-hydrogen) atoms. The summed E-state index contributed by atoms with van der Waals surface area (Å²) in [4.78, 5) is -0.407. The highest BCUT2D eigenvalue weighted by Gasteiger charge is 2.26. The lowest BCUT2D eigenvalue weighted by molar-refractivity contribution is 0.414. The zero-order chi connectivity index (χ0) is 22.1. The molecule has 3 rings (SSSR count). The third-order valence-corrected chi connectivity index (χ3v) is 7.95. The van der Waals surface area contributed by atoms with Crippen LogP contribution in [0.3, 0.4) is 0 Å². The number of hydrogen-bond acceptors (Lipinski definition) is 6. The summed E-state index contributed by atoms with van der Waals surface area (Å²) in [6, 6.07) is 14.6. The van der Waals surface area contributed by atoms with E-state index in [1.165, 1.54) is 50.4 Å². The van der Waals surface area contributed by atoms with Gasteiger partial charge < -0.3 is 9.84 Å². The first kappa shape index (κ1) is 21.7. The Morgan fingerprint density at radius 1 is 0.833 bits per heavy atom. The SMILES string of the molecule is COc1ccc(S(=O)(=O)c2cc(NS(=O)(=O)c3ccccc3)c(C)c(C)c2O)cc1. The van der Waals surface area contributed by atoms with Gasteiger partial charge in [-0.15, -0.1) is 0 Å². The highest BCUT2D eigenvalue weighted by molar-refractivity contribution is 7.93. The van der Waals surface area contributed by atoms with Crippen molar-refractivity contribution in [2.24, 2.45) is 0 Å². The summed E-state index contributed by atoms with van der Waals surface area (Å²) in [5, 5.41) is 10.5. The molecule has 0 radical (unpaired) electrons. The van der Waals surface area contributed by atoms with Crippen molar-refractivity contribution in [3.8, 4) is 11.5 Å². The minimum Gasteiger partial charge on any atom is -0.506 e. The number of rotatable bonds is 6. The second kappa shape index (κ2) is 8.00. The summed E-state index contributed by atoms with van der Waals surface area (Å²) in [6.45, 7) is 3.12. The molecule has 0 heterocycles. The maximum Gasteiger partial charge on any atom is 0.261 e. The van der Waals surface area contributed by atoms with Crippen molar-refractivity contribution in [1.82, 2.24) is 0 Å². The Hall–Kier alpha value is -3.04. The van der Waals surface area contributed by atoms with Crippen molar-refractivity contribution in [2.75, 3.05) is 11.8 Å².